The topological polar surface area (TPSA) is 67.4 Å². The van der Waals surface area contributed by atoms with E-state index in [1.54, 1.807) is 0 Å². The van der Waals surface area contributed by atoms with Gasteiger partial charge in [-0.3, -0.25) is 9.59 Å². The van der Waals surface area contributed by atoms with E-state index in [4.69, 9.17) is 4.74 Å². The van der Waals surface area contributed by atoms with E-state index in [0.717, 1.165) is 12.8 Å². The summed E-state index contributed by atoms with van der Waals surface area (Å²) in [5.41, 5.74) is 0. The third kappa shape index (κ3) is 2.68. The lowest BCUT2D eigenvalue weighted by Gasteiger charge is -2.22. The van der Waals surface area contributed by atoms with Crippen molar-refractivity contribution in [1.82, 2.24) is 10.6 Å². The molecule has 1 unspecified atom stereocenters. The quantitative estimate of drug-likeness (QED) is 0.643. The summed E-state index contributed by atoms with van der Waals surface area (Å²) in [5.74, 6) is 0.154. The van der Waals surface area contributed by atoms with Gasteiger partial charge in [0, 0.05) is 32.1 Å². The van der Waals surface area contributed by atoms with Crippen LogP contribution in [0.3, 0.4) is 0 Å². The highest BCUT2D eigenvalue weighted by atomic mass is 16.5. The third-order valence-corrected chi connectivity index (χ3v) is 2.92. The molecule has 0 aliphatic carbocycles. The van der Waals surface area contributed by atoms with Crippen LogP contribution in [0.1, 0.15) is 19.3 Å². The Morgan fingerprint density at radius 2 is 2.13 bits per heavy atom. The van der Waals surface area contributed by atoms with Crippen LogP contribution in [-0.2, 0) is 14.3 Å². The van der Waals surface area contributed by atoms with E-state index in [1.807, 2.05) is 0 Å². The fourth-order valence-corrected chi connectivity index (χ4v) is 1.99. The average Bonchev–Trinajstić information content (AvgIpc) is 2.65. The lowest BCUT2D eigenvalue weighted by atomic mass is 9.99. The van der Waals surface area contributed by atoms with Gasteiger partial charge in [0.1, 0.15) is 0 Å². The van der Waals surface area contributed by atoms with Crippen molar-refractivity contribution in [3.05, 3.63) is 0 Å². The zero-order chi connectivity index (χ0) is 10.7. The Morgan fingerprint density at radius 3 is 2.73 bits per heavy atom. The first-order valence-electron chi connectivity index (χ1n) is 5.40. The number of hydrogen-bond acceptors (Lipinski definition) is 3. The molecule has 2 aliphatic rings. The molecule has 84 valence electrons. The summed E-state index contributed by atoms with van der Waals surface area (Å²) < 4.78 is 5.19. The molecular formula is C10H16N2O3. The van der Waals surface area contributed by atoms with Crippen LogP contribution in [0.15, 0.2) is 0 Å². The molecule has 0 aromatic heterocycles. The molecule has 2 N–H and O–H groups in total. The maximum absolute atomic E-state index is 11.8. The van der Waals surface area contributed by atoms with Crippen LogP contribution < -0.4 is 10.6 Å². The minimum Gasteiger partial charge on any atom is -0.381 e. The second kappa shape index (κ2) is 4.61. The van der Waals surface area contributed by atoms with Gasteiger partial charge < -0.3 is 15.4 Å². The van der Waals surface area contributed by atoms with Crippen LogP contribution in [0.2, 0.25) is 0 Å². The lowest BCUT2D eigenvalue weighted by molar-refractivity contribution is -0.128. The van der Waals surface area contributed by atoms with Crippen molar-refractivity contribution in [3.8, 4) is 0 Å². The third-order valence-electron chi connectivity index (χ3n) is 2.92. The van der Waals surface area contributed by atoms with E-state index >= 15 is 0 Å². The van der Waals surface area contributed by atoms with Gasteiger partial charge in [0.2, 0.25) is 11.8 Å². The molecule has 0 bridgehead atoms. The van der Waals surface area contributed by atoms with Gasteiger partial charge in [-0.05, 0) is 12.8 Å². The number of carbonyl (C=O) groups is 2. The smallest absolute Gasteiger partial charge is 0.223 e. The van der Waals surface area contributed by atoms with Crippen LogP contribution in [-0.4, -0.2) is 37.6 Å². The van der Waals surface area contributed by atoms with Gasteiger partial charge in [0.05, 0.1) is 6.04 Å². The average molecular weight is 212 g/mol. The van der Waals surface area contributed by atoms with Gasteiger partial charge in [0.15, 0.2) is 0 Å². The highest BCUT2D eigenvalue weighted by molar-refractivity contribution is 5.83. The molecule has 0 radical (unpaired) electrons. The second-order valence-electron chi connectivity index (χ2n) is 4.10. The van der Waals surface area contributed by atoms with Crippen molar-refractivity contribution in [1.29, 1.82) is 0 Å². The summed E-state index contributed by atoms with van der Waals surface area (Å²) in [6.45, 7) is 1.90. The zero-order valence-corrected chi connectivity index (χ0v) is 8.62. The summed E-state index contributed by atoms with van der Waals surface area (Å²) in [6.07, 6.45) is 1.99. The predicted molar refractivity (Wildman–Crippen MR) is 53.1 cm³/mol. The Morgan fingerprint density at radius 1 is 1.40 bits per heavy atom. The molecule has 0 aromatic carbocycles. The van der Waals surface area contributed by atoms with E-state index in [9.17, 15) is 9.59 Å². The molecule has 0 aromatic rings. The highest BCUT2D eigenvalue weighted by Crippen LogP contribution is 2.15. The van der Waals surface area contributed by atoms with Crippen molar-refractivity contribution in [2.45, 2.75) is 25.3 Å². The monoisotopic (exact) mass is 212 g/mol. The molecule has 0 saturated carbocycles. The number of nitrogens with one attached hydrogen (secondary N) is 2. The fraction of sp³-hybridized carbons (Fsp3) is 0.800. The van der Waals surface area contributed by atoms with Crippen molar-refractivity contribution >= 4 is 11.8 Å². The predicted octanol–water partition coefficient (Wildman–Crippen LogP) is -0.582. The molecule has 2 amide bonds. The molecule has 2 heterocycles. The van der Waals surface area contributed by atoms with Gasteiger partial charge in [-0.1, -0.05) is 0 Å². The van der Waals surface area contributed by atoms with Crippen LogP contribution in [0.25, 0.3) is 0 Å². The Balaban J connectivity index is 1.78. The van der Waals surface area contributed by atoms with Gasteiger partial charge >= 0.3 is 0 Å². The summed E-state index contributed by atoms with van der Waals surface area (Å²) in [5, 5.41) is 5.60. The van der Waals surface area contributed by atoms with Gasteiger partial charge in [-0.25, -0.2) is 0 Å². The maximum Gasteiger partial charge on any atom is 0.223 e. The van der Waals surface area contributed by atoms with Crippen molar-refractivity contribution in [2.24, 2.45) is 5.92 Å². The van der Waals surface area contributed by atoms with Gasteiger partial charge in [0.25, 0.3) is 0 Å². The molecule has 2 rings (SSSR count). The van der Waals surface area contributed by atoms with E-state index in [0.29, 0.717) is 26.2 Å². The minimum absolute atomic E-state index is 0.0205. The number of amides is 2. The van der Waals surface area contributed by atoms with Crippen LogP contribution in [0, 0.1) is 5.92 Å². The molecule has 1 atom stereocenters. The highest BCUT2D eigenvalue weighted by Gasteiger charge is 2.27. The van der Waals surface area contributed by atoms with E-state index in [1.165, 1.54) is 0 Å². The molecule has 2 fully saturated rings. The molecule has 5 heteroatoms. The van der Waals surface area contributed by atoms with Crippen molar-refractivity contribution < 1.29 is 14.3 Å². The first kappa shape index (κ1) is 10.4. The van der Waals surface area contributed by atoms with Crippen LogP contribution in [0.5, 0.6) is 0 Å². The summed E-state index contributed by atoms with van der Waals surface area (Å²) in [4.78, 5) is 22.7. The zero-order valence-electron chi connectivity index (χ0n) is 8.62. The first-order chi connectivity index (χ1) is 7.25. The first-order valence-corrected chi connectivity index (χ1v) is 5.40. The summed E-state index contributed by atoms with van der Waals surface area (Å²) in [6, 6.07) is -0.0205. The van der Waals surface area contributed by atoms with Crippen molar-refractivity contribution in [3.63, 3.8) is 0 Å². The molecule has 0 spiro atoms. The largest absolute Gasteiger partial charge is 0.381 e. The molecule has 2 aliphatic heterocycles. The number of carbonyl (C=O) groups excluding carboxylic acids is 2. The molecule has 2 saturated heterocycles. The second-order valence-corrected chi connectivity index (χ2v) is 4.10. The number of ether oxygens (including phenoxy) is 1. The minimum atomic E-state index is -0.0205. The van der Waals surface area contributed by atoms with Gasteiger partial charge in [-0.2, -0.15) is 0 Å². The Kier molecular flexibility index (Phi) is 3.20. The number of rotatable bonds is 2. The van der Waals surface area contributed by atoms with E-state index in [2.05, 4.69) is 10.6 Å². The maximum atomic E-state index is 11.8. The normalized spacial score (nSPS) is 27.5. The van der Waals surface area contributed by atoms with Crippen LogP contribution in [0.4, 0.5) is 0 Å². The van der Waals surface area contributed by atoms with Crippen LogP contribution >= 0.6 is 0 Å². The molecule has 5 nitrogen and oxygen atoms in total. The SMILES string of the molecule is O=C1CC(NC(=O)C2CCOCC2)CN1. The molecular weight excluding hydrogens is 196 g/mol. The van der Waals surface area contributed by atoms with E-state index in [-0.39, 0.29) is 23.8 Å². The summed E-state index contributed by atoms with van der Waals surface area (Å²) in [7, 11) is 0. The lowest BCUT2D eigenvalue weighted by Crippen LogP contribution is -2.41. The standard InChI is InChI=1S/C10H16N2O3/c13-9-5-8(6-11-9)12-10(14)7-1-3-15-4-2-7/h7-8H,1-6H2,(H,11,13)(H,12,14). The molecule has 15 heavy (non-hydrogen) atoms. The Labute approximate surface area is 88.5 Å². The fourth-order valence-electron chi connectivity index (χ4n) is 1.99. The van der Waals surface area contributed by atoms with Crippen molar-refractivity contribution in [2.75, 3.05) is 19.8 Å². The summed E-state index contributed by atoms with van der Waals surface area (Å²) >= 11 is 0. The van der Waals surface area contributed by atoms with E-state index < -0.39 is 0 Å². The van der Waals surface area contributed by atoms with Gasteiger partial charge in [-0.15, -0.1) is 0 Å². The number of hydrogen-bond donors (Lipinski definition) is 2. The Hall–Kier alpha value is -1.10. The Bertz CT molecular complexity index is 261.